The Morgan fingerprint density at radius 2 is 2.12 bits per heavy atom. The van der Waals surface area contributed by atoms with Crippen LogP contribution in [0.3, 0.4) is 0 Å². The van der Waals surface area contributed by atoms with Crippen molar-refractivity contribution in [1.82, 2.24) is 0 Å². The molecule has 1 aromatic carbocycles. The van der Waals surface area contributed by atoms with E-state index >= 15 is 0 Å². The maximum Gasteiger partial charge on any atom is 0.409 e. The number of benzene rings is 1. The zero-order valence-electron chi connectivity index (χ0n) is 9.34. The minimum atomic E-state index is -2.91. The van der Waals surface area contributed by atoms with Gasteiger partial charge in [0.1, 0.15) is 0 Å². The van der Waals surface area contributed by atoms with Crippen LogP contribution in [0.15, 0.2) is 24.3 Å². The zero-order valence-corrected chi connectivity index (χ0v) is 9.34. The summed E-state index contributed by atoms with van der Waals surface area (Å²) in [5, 5.41) is 10.6. The quantitative estimate of drug-likeness (QED) is 0.848. The van der Waals surface area contributed by atoms with Crippen LogP contribution in [0.1, 0.15) is 25.3 Å². The SMILES string of the molecule is CC1(C(F)(F)c2cccc(NC(=O)O)c2)CC1. The molecule has 2 rings (SSSR count). The first-order valence-corrected chi connectivity index (χ1v) is 5.33. The van der Waals surface area contributed by atoms with Crippen LogP contribution in [0, 0.1) is 5.41 Å². The van der Waals surface area contributed by atoms with Gasteiger partial charge in [-0.2, -0.15) is 0 Å². The van der Waals surface area contributed by atoms with E-state index in [4.69, 9.17) is 5.11 Å². The minimum absolute atomic E-state index is 0.135. The van der Waals surface area contributed by atoms with Crippen LogP contribution in [0.25, 0.3) is 0 Å². The maximum atomic E-state index is 14.1. The third-order valence-corrected chi connectivity index (χ3v) is 3.23. The van der Waals surface area contributed by atoms with E-state index in [1.807, 2.05) is 0 Å². The number of halogens is 2. The number of hydrogen-bond acceptors (Lipinski definition) is 1. The van der Waals surface area contributed by atoms with Gasteiger partial charge >= 0.3 is 6.09 Å². The molecule has 1 aliphatic carbocycles. The van der Waals surface area contributed by atoms with Crippen molar-refractivity contribution >= 4 is 11.8 Å². The number of nitrogens with one attached hydrogen (secondary N) is 1. The molecule has 0 spiro atoms. The summed E-state index contributed by atoms with van der Waals surface area (Å²) in [5.74, 6) is -2.91. The largest absolute Gasteiger partial charge is 0.465 e. The van der Waals surface area contributed by atoms with E-state index in [9.17, 15) is 13.6 Å². The van der Waals surface area contributed by atoms with Crippen LogP contribution >= 0.6 is 0 Å². The third-order valence-electron chi connectivity index (χ3n) is 3.23. The fourth-order valence-electron chi connectivity index (χ4n) is 1.77. The molecule has 0 aliphatic heterocycles. The standard InChI is InChI=1S/C12H13F2NO2/c1-11(5-6-11)12(13,14)8-3-2-4-9(7-8)15-10(16)17/h2-4,7,15H,5-6H2,1H3,(H,16,17). The summed E-state index contributed by atoms with van der Waals surface area (Å²) in [6.07, 6.45) is -0.268. The Bertz CT molecular complexity index is 456. The first-order valence-electron chi connectivity index (χ1n) is 5.33. The smallest absolute Gasteiger partial charge is 0.409 e. The maximum absolute atomic E-state index is 14.1. The first-order chi connectivity index (χ1) is 7.85. The Balaban J connectivity index is 2.30. The van der Waals surface area contributed by atoms with Gasteiger partial charge in [-0.15, -0.1) is 0 Å². The van der Waals surface area contributed by atoms with Gasteiger partial charge < -0.3 is 5.11 Å². The fourth-order valence-corrected chi connectivity index (χ4v) is 1.77. The Hall–Kier alpha value is -1.65. The van der Waals surface area contributed by atoms with E-state index in [2.05, 4.69) is 5.32 Å². The molecule has 0 bridgehead atoms. The van der Waals surface area contributed by atoms with Crippen LogP contribution in [0.4, 0.5) is 19.3 Å². The molecule has 1 aromatic rings. The lowest BCUT2D eigenvalue weighted by molar-refractivity contribution is -0.0724. The van der Waals surface area contributed by atoms with Gasteiger partial charge in [0.2, 0.25) is 0 Å². The van der Waals surface area contributed by atoms with Crippen LogP contribution in [-0.2, 0) is 5.92 Å². The second kappa shape index (κ2) is 3.68. The molecular formula is C12H13F2NO2. The monoisotopic (exact) mass is 241 g/mol. The lowest BCUT2D eigenvalue weighted by Crippen LogP contribution is -2.24. The molecule has 1 saturated carbocycles. The molecule has 1 amide bonds. The zero-order chi connectivity index (χ0) is 12.7. The highest BCUT2D eigenvalue weighted by Crippen LogP contribution is 2.61. The summed E-state index contributed by atoms with van der Waals surface area (Å²) in [5.41, 5.74) is -0.947. The Kier molecular flexibility index (Phi) is 2.56. The summed E-state index contributed by atoms with van der Waals surface area (Å²) in [6, 6.07) is 5.40. The molecule has 0 saturated heterocycles. The van der Waals surface area contributed by atoms with Crippen LogP contribution in [-0.4, -0.2) is 11.2 Å². The third kappa shape index (κ3) is 2.09. The number of carbonyl (C=O) groups is 1. The van der Waals surface area contributed by atoms with Crippen molar-refractivity contribution in [3.05, 3.63) is 29.8 Å². The number of amides is 1. The predicted molar refractivity (Wildman–Crippen MR) is 59.3 cm³/mol. The van der Waals surface area contributed by atoms with Gasteiger partial charge in [0, 0.05) is 16.7 Å². The molecule has 5 heteroatoms. The van der Waals surface area contributed by atoms with Gasteiger partial charge in [-0.3, -0.25) is 5.32 Å². The van der Waals surface area contributed by atoms with Crippen LogP contribution in [0.5, 0.6) is 0 Å². The lowest BCUT2D eigenvalue weighted by atomic mass is 9.93. The van der Waals surface area contributed by atoms with Gasteiger partial charge in [0.05, 0.1) is 0 Å². The Labute approximate surface area is 97.5 Å². The summed E-state index contributed by atoms with van der Waals surface area (Å²) >= 11 is 0. The second-order valence-corrected chi connectivity index (χ2v) is 4.65. The van der Waals surface area contributed by atoms with E-state index in [-0.39, 0.29) is 11.3 Å². The molecule has 0 aromatic heterocycles. The molecule has 1 fully saturated rings. The van der Waals surface area contributed by atoms with Crippen molar-refractivity contribution in [3.8, 4) is 0 Å². The highest BCUT2D eigenvalue weighted by molar-refractivity contribution is 5.82. The topological polar surface area (TPSA) is 49.3 Å². The van der Waals surface area contributed by atoms with Crippen molar-refractivity contribution in [2.75, 3.05) is 5.32 Å². The molecule has 3 nitrogen and oxygen atoms in total. The van der Waals surface area contributed by atoms with Crippen molar-refractivity contribution in [2.45, 2.75) is 25.7 Å². The summed E-state index contributed by atoms with van der Waals surface area (Å²) in [7, 11) is 0. The van der Waals surface area contributed by atoms with E-state index < -0.39 is 17.4 Å². The average Bonchev–Trinajstić information content (AvgIpc) is 2.97. The molecule has 92 valence electrons. The fraction of sp³-hybridized carbons (Fsp3) is 0.417. The van der Waals surface area contributed by atoms with E-state index in [1.54, 1.807) is 6.92 Å². The van der Waals surface area contributed by atoms with Crippen LogP contribution < -0.4 is 5.32 Å². The summed E-state index contributed by atoms with van der Waals surface area (Å²) in [6.45, 7) is 1.55. The number of anilines is 1. The Morgan fingerprint density at radius 3 is 2.65 bits per heavy atom. The molecule has 0 atom stereocenters. The molecule has 2 N–H and O–H groups in total. The van der Waals surface area contributed by atoms with Gasteiger partial charge in [0.25, 0.3) is 5.92 Å². The van der Waals surface area contributed by atoms with Crippen molar-refractivity contribution in [1.29, 1.82) is 0 Å². The van der Waals surface area contributed by atoms with Crippen LogP contribution in [0.2, 0.25) is 0 Å². The van der Waals surface area contributed by atoms with Crippen molar-refractivity contribution < 1.29 is 18.7 Å². The molecule has 1 aliphatic rings. The molecule has 0 radical (unpaired) electrons. The molecular weight excluding hydrogens is 228 g/mol. The normalized spacial score (nSPS) is 17.6. The van der Waals surface area contributed by atoms with E-state index in [0.717, 1.165) is 0 Å². The van der Waals surface area contributed by atoms with Crippen molar-refractivity contribution in [3.63, 3.8) is 0 Å². The minimum Gasteiger partial charge on any atom is -0.465 e. The molecule has 0 unspecified atom stereocenters. The average molecular weight is 241 g/mol. The highest BCUT2D eigenvalue weighted by Gasteiger charge is 2.59. The lowest BCUT2D eigenvalue weighted by Gasteiger charge is -2.24. The van der Waals surface area contributed by atoms with Crippen molar-refractivity contribution in [2.24, 2.45) is 5.41 Å². The second-order valence-electron chi connectivity index (χ2n) is 4.65. The summed E-state index contributed by atoms with van der Waals surface area (Å²) < 4.78 is 28.1. The molecule has 17 heavy (non-hydrogen) atoms. The number of rotatable bonds is 3. The Morgan fingerprint density at radius 1 is 1.47 bits per heavy atom. The number of alkyl halides is 2. The van der Waals surface area contributed by atoms with Gasteiger partial charge in [-0.25, -0.2) is 13.6 Å². The number of hydrogen-bond donors (Lipinski definition) is 2. The highest BCUT2D eigenvalue weighted by atomic mass is 19.3. The number of carboxylic acid groups (broad SMARTS) is 1. The van der Waals surface area contributed by atoms with Gasteiger partial charge in [0.15, 0.2) is 0 Å². The molecule has 0 heterocycles. The van der Waals surface area contributed by atoms with E-state index in [1.165, 1.54) is 24.3 Å². The predicted octanol–water partition coefficient (Wildman–Crippen LogP) is 3.67. The summed E-state index contributed by atoms with van der Waals surface area (Å²) in [4.78, 5) is 10.4. The van der Waals surface area contributed by atoms with Gasteiger partial charge in [-0.1, -0.05) is 19.1 Å². The van der Waals surface area contributed by atoms with Gasteiger partial charge in [-0.05, 0) is 25.0 Å². The first kappa shape index (κ1) is 11.8. The van der Waals surface area contributed by atoms with E-state index in [0.29, 0.717) is 12.8 Å².